The zero-order valence-corrected chi connectivity index (χ0v) is 19.0. The highest BCUT2D eigenvalue weighted by Crippen LogP contribution is 2.44. The Labute approximate surface area is 191 Å². The van der Waals surface area contributed by atoms with Crippen LogP contribution in [0.4, 0.5) is 5.69 Å². The van der Waals surface area contributed by atoms with Gasteiger partial charge in [0, 0.05) is 5.69 Å². The summed E-state index contributed by atoms with van der Waals surface area (Å²) < 4.78 is 10.9. The predicted octanol–water partition coefficient (Wildman–Crippen LogP) is 6.11. The molecule has 0 aromatic heterocycles. The van der Waals surface area contributed by atoms with Crippen LogP contribution in [0.25, 0.3) is 0 Å². The van der Waals surface area contributed by atoms with Gasteiger partial charge in [-0.15, -0.1) is 0 Å². The van der Waals surface area contributed by atoms with Gasteiger partial charge in [-0.2, -0.15) is 5.26 Å². The largest absolute Gasteiger partial charge is 0.493 e. The van der Waals surface area contributed by atoms with Crippen LogP contribution < -0.4 is 14.4 Å². The highest BCUT2D eigenvalue weighted by atomic mass is 16.5. The Morgan fingerprint density at radius 2 is 1.69 bits per heavy atom. The van der Waals surface area contributed by atoms with Gasteiger partial charge in [0.2, 0.25) is 0 Å². The summed E-state index contributed by atoms with van der Waals surface area (Å²) in [7, 11) is 3.30. The van der Waals surface area contributed by atoms with Gasteiger partial charge in [0.1, 0.15) is 5.54 Å². The minimum Gasteiger partial charge on any atom is -0.493 e. The molecule has 4 heteroatoms. The van der Waals surface area contributed by atoms with E-state index in [-0.39, 0.29) is 6.04 Å². The Balaban J connectivity index is 1.70. The van der Waals surface area contributed by atoms with Crippen molar-refractivity contribution in [1.82, 2.24) is 0 Å². The van der Waals surface area contributed by atoms with E-state index in [1.165, 1.54) is 16.8 Å². The van der Waals surface area contributed by atoms with E-state index in [0.29, 0.717) is 0 Å². The normalized spacial score (nSPS) is 18.4. The Hall–Kier alpha value is -3.45. The van der Waals surface area contributed by atoms with Crippen LogP contribution in [0.15, 0.2) is 72.8 Å². The van der Waals surface area contributed by atoms with E-state index >= 15 is 0 Å². The molecule has 1 aliphatic heterocycles. The molecule has 0 fully saturated rings. The van der Waals surface area contributed by atoms with Crippen molar-refractivity contribution < 1.29 is 9.47 Å². The van der Waals surface area contributed by atoms with Crippen molar-refractivity contribution in [1.29, 1.82) is 5.26 Å². The first-order valence-electron chi connectivity index (χ1n) is 11.2. The summed E-state index contributed by atoms with van der Waals surface area (Å²) in [5, 5.41) is 10.6. The Morgan fingerprint density at radius 3 is 2.41 bits per heavy atom. The molecule has 1 heterocycles. The number of ether oxygens (including phenoxy) is 2. The first-order valence-corrected chi connectivity index (χ1v) is 11.2. The second-order valence-corrected chi connectivity index (χ2v) is 8.42. The predicted molar refractivity (Wildman–Crippen MR) is 128 cm³/mol. The van der Waals surface area contributed by atoms with Gasteiger partial charge >= 0.3 is 0 Å². The minimum atomic E-state index is -0.587. The molecule has 0 aliphatic carbocycles. The standard InChI is InChI=1S/C28H30N2O2/c1-21(23-9-5-4-6-10-23)30-25-12-8-7-11-24(25)16-18-28(30,20-29)17-15-22-13-14-26(31-2)27(19-22)32-3/h4-14,19,21H,15-18H2,1-3H3/t21-,28-/m0/s1. The summed E-state index contributed by atoms with van der Waals surface area (Å²) in [6.07, 6.45) is 3.25. The Morgan fingerprint density at radius 1 is 0.969 bits per heavy atom. The fourth-order valence-corrected chi connectivity index (χ4v) is 4.91. The van der Waals surface area contributed by atoms with Crippen molar-refractivity contribution in [3.63, 3.8) is 0 Å². The summed E-state index contributed by atoms with van der Waals surface area (Å²) in [4.78, 5) is 2.36. The highest BCUT2D eigenvalue weighted by molar-refractivity contribution is 5.61. The second-order valence-electron chi connectivity index (χ2n) is 8.42. The number of rotatable bonds is 7. The fourth-order valence-electron chi connectivity index (χ4n) is 4.91. The number of aryl methyl sites for hydroxylation is 2. The number of hydrogen-bond donors (Lipinski definition) is 0. The highest BCUT2D eigenvalue weighted by Gasteiger charge is 2.43. The van der Waals surface area contributed by atoms with E-state index in [4.69, 9.17) is 9.47 Å². The number of benzene rings is 3. The lowest BCUT2D eigenvalue weighted by atomic mass is 9.79. The van der Waals surface area contributed by atoms with E-state index in [0.717, 1.165) is 42.7 Å². The molecule has 0 bridgehead atoms. The maximum absolute atomic E-state index is 10.6. The van der Waals surface area contributed by atoms with Gasteiger partial charge in [-0.3, -0.25) is 0 Å². The molecule has 0 spiro atoms. The van der Waals surface area contributed by atoms with Crippen molar-refractivity contribution in [3.05, 3.63) is 89.5 Å². The van der Waals surface area contributed by atoms with Crippen LogP contribution in [0.5, 0.6) is 11.5 Å². The van der Waals surface area contributed by atoms with Gasteiger partial charge in [0.25, 0.3) is 0 Å². The molecule has 32 heavy (non-hydrogen) atoms. The maximum atomic E-state index is 10.6. The molecule has 4 rings (SSSR count). The lowest BCUT2D eigenvalue weighted by Gasteiger charge is -2.48. The zero-order chi connectivity index (χ0) is 22.6. The van der Waals surface area contributed by atoms with Crippen LogP contribution in [0.1, 0.15) is 42.5 Å². The van der Waals surface area contributed by atoms with E-state index in [1.54, 1.807) is 14.2 Å². The molecule has 0 saturated heterocycles. The molecule has 0 unspecified atom stereocenters. The van der Waals surface area contributed by atoms with Crippen LogP contribution in [-0.2, 0) is 12.8 Å². The monoisotopic (exact) mass is 426 g/mol. The first kappa shape index (κ1) is 21.8. The first-order chi connectivity index (χ1) is 15.6. The Bertz CT molecular complexity index is 1110. The number of methoxy groups -OCH3 is 2. The van der Waals surface area contributed by atoms with Gasteiger partial charge in [-0.25, -0.2) is 0 Å². The molecule has 0 saturated carbocycles. The van der Waals surface area contributed by atoms with E-state index < -0.39 is 5.54 Å². The van der Waals surface area contributed by atoms with Crippen LogP contribution >= 0.6 is 0 Å². The minimum absolute atomic E-state index is 0.0858. The quantitative estimate of drug-likeness (QED) is 0.457. The number of para-hydroxylation sites is 1. The summed E-state index contributed by atoms with van der Waals surface area (Å²) in [6, 6.07) is 27.9. The summed E-state index contributed by atoms with van der Waals surface area (Å²) in [5.41, 5.74) is 4.26. The van der Waals surface area contributed by atoms with Crippen LogP contribution in [0.2, 0.25) is 0 Å². The van der Waals surface area contributed by atoms with Crippen molar-refractivity contribution in [2.75, 3.05) is 19.1 Å². The van der Waals surface area contributed by atoms with Gasteiger partial charge in [0.05, 0.1) is 26.3 Å². The average Bonchev–Trinajstić information content (AvgIpc) is 2.87. The second kappa shape index (κ2) is 9.36. The Kier molecular flexibility index (Phi) is 6.37. The van der Waals surface area contributed by atoms with E-state index in [2.05, 4.69) is 72.5 Å². The molecule has 0 N–H and O–H groups in total. The lowest BCUT2D eigenvalue weighted by Crippen LogP contribution is -2.52. The number of fused-ring (bicyclic) bond motifs is 1. The SMILES string of the molecule is COc1ccc(CC[C@@]2(C#N)CCc3ccccc3N2[C@@H](C)c2ccccc2)cc1OC. The number of nitriles is 1. The smallest absolute Gasteiger partial charge is 0.160 e. The number of anilines is 1. The third-order valence-electron chi connectivity index (χ3n) is 6.67. The molecular formula is C28H30N2O2. The molecule has 4 nitrogen and oxygen atoms in total. The van der Waals surface area contributed by atoms with Crippen molar-refractivity contribution in [2.45, 2.75) is 44.2 Å². The zero-order valence-electron chi connectivity index (χ0n) is 19.0. The molecule has 3 aromatic rings. The van der Waals surface area contributed by atoms with Gasteiger partial charge in [-0.1, -0.05) is 54.6 Å². The average molecular weight is 427 g/mol. The summed E-state index contributed by atoms with van der Waals surface area (Å²) in [5.74, 6) is 1.44. The fraction of sp³-hybridized carbons (Fsp3) is 0.321. The third-order valence-corrected chi connectivity index (χ3v) is 6.67. The number of hydrogen-bond acceptors (Lipinski definition) is 4. The van der Waals surface area contributed by atoms with Crippen molar-refractivity contribution >= 4 is 5.69 Å². The summed E-state index contributed by atoms with van der Waals surface area (Å²) >= 11 is 0. The molecule has 0 amide bonds. The van der Waals surface area contributed by atoms with Crippen LogP contribution in [0.3, 0.4) is 0 Å². The van der Waals surface area contributed by atoms with Crippen molar-refractivity contribution in [2.24, 2.45) is 0 Å². The van der Waals surface area contributed by atoms with E-state index in [9.17, 15) is 5.26 Å². The topological polar surface area (TPSA) is 45.5 Å². The van der Waals surface area contributed by atoms with Gasteiger partial charge in [0.15, 0.2) is 11.5 Å². The van der Waals surface area contributed by atoms with Crippen LogP contribution in [0, 0.1) is 11.3 Å². The molecule has 1 aliphatic rings. The van der Waals surface area contributed by atoms with Crippen molar-refractivity contribution in [3.8, 4) is 17.6 Å². The molecular weight excluding hydrogens is 396 g/mol. The molecule has 2 atom stereocenters. The number of nitrogens with zero attached hydrogens (tertiary/aromatic N) is 2. The van der Waals surface area contributed by atoms with Gasteiger partial charge in [-0.05, 0) is 67.5 Å². The van der Waals surface area contributed by atoms with E-state index in [1.807, 2.05) is 18.2 Å². The molecule has 164 valence electrons. The lowest BCUT2D eigenvalue weighted by molar-refractivity contribution is 0.353. The molecule has 0 radical (unpaired) electrons. The van der Waals surface area contributed by atoms with Crippen LogP contribution in [-0.4, -0.2) is 19.8 Å². The van der Waals surface area contributed by atoms with Gasteiger partial charge < -0.3 is 14.4 Å². The molecule has 3 aromatic carbocycles. The summed E-state index contributed by atoms with van der Waals surface area (Å²) in [6.45, 7) is 2.21. The third kappa shape index (κ3) is 4.03. The maximum Gasteiger partial charge on any atom is 0.160 e.